The zero-order valence-electron chi connectivity index (χ0n) is 15.4. The van der Waals surface area contributed by atoms with E-state index in [0.717, 1.165) is 11.3 Å². The van der Waals surface area contributed by atoms with Crippen LogP contribution in [0.5, 0.6) is 11.5 Å². The maximum absolute atomic E-state index is 13.2. The smallest absolute Gasteiger partial charge is 0.161 e. The molecule has 0 atom stereocenters. The molecule has 0 aliphatic rings. The number of nitrogens with one attached hydrogen (secondary N) is 1. The molecule has 0 unspecified atom stereocenters. The maximum Gasteiger partial charge on any atom is 0.161 e. The van der Waals surface area contributed by atoms with Crippen LogP contribution in [0.4, 0.5) is 10.1 Å². The summed E-state index contributed by atoms with van der Waals surface area (Å²) in [5.41, 5.74) is 5.43. The van der Waals surface area contributed by atoms with Gasteiger partial charge in [0, 0.05) is 5.56 Å². The second-order valence-corrected chi connectivity index (χ2v) is 6.31. The monoisotopic (exact) mass is 398 g/mol. The molecule has 0 spiro atoms. The zero-order valence-corrected chi connectivity index (χ0v) is 16.1. The summed E-state index contributed by atoms with van der Waals surface area (Å²) in [4.78, 5) is 0. The number of halogens is 2. The lowest BCUT2D eigenvalue weighted by Gasteiger charge is -2.13. The SMILES string of the molecule is CCOc1cc(C=NNc2ccccc2)ccc1OCc1ccc(F)cc1Cl. The van der Waals surface area contributed by atoms with E-state index in [1.807, 2.05) is 55.5 Å². The number of hydrogen-bond acceptors (Lipinski definition) is 4. The molecule has 3 aromatic rings. The Morgan fingerprint density at radius 2 is 1.82 bits per heavy atom. The van der Waals surface area contributed by atoms with E-state index < -0.39 is 0 Å². The van der Waals surface area contributed by atoms with Crippen LogP contribution in [0.25, 0.3) is 0 Å². The fraction of sp³-hybridized carbons (Fsp3) is 0.136. The van der Waals surface area contributed by atoms with Crippen LogP contribution in [0, 0.1) is 5.82 Å². The van der Waals surface area contributed by atoms with Crippen molar-refractivity contribution in [1.82, 2.24) is 0 Å². The summed E-state index contributed by atoms with van der Waals surface area (Å²) in [6.07, 6.45) is 1.70. The Kier molecular flexibility index (Phi) is 6.87. The lowest BCUT2D eigenvalue weighted by atomic mass is 10.2. The Bertz CT molecular complexity index is 949. The molecule has 0 bridgehead atoms. The number of hydrogen-bond donors (Lipinski definition) is 1. The molecule has 0 saturated heterocycles. The Hall–Kier alpha value is -3.05. The molecular weight excluding hydrogens is 379 g/mol. The van der Waals surface area contributed by atoms with Gasteiger partial charge < -0.3 is 9.47 Å². The molecule has 0 aliphatic carbocycles. The number of ether oxygens (including phenoxy) is 2. The molecule has 144 valence electrons. The molecular formula is C22H20ClFN2O2. The molecule has 28 heavy (non-hydrogen) atoms. The van der Waals surface area contributed by atoms with Gasteiger partial charge in [-0.25, -0.2) is 4.39 Å². The highest BCUT2D eigenvalue weighted by atomic mass is 35.5. The van der Waals surface area contributed by atoms with Crippen LogP contribution in [0.2, 0.25) is 5.02 Å². The largest absolute Gasteiger partial charge is 0.490 e. The van der Waals surface area contributed by atoms with Crippen LogP contribution in [-0.4, -0.2) is 12.8 Å². The normalized spacial score (nSPS) is 10.8. The highest BCUT2D eigenvalue weighted by Crippen LogP contribution is 2.30. The predicted octanol–water partition coefficient (Wildman–Crippen LogP) is 5.90. The Balaban J connectivity index is 1.69. The van der Waals surface area contributed by atoms with Crippen molar-refractivity contribution in [3.05, 3.63) is 88.7 Å². The predicted molar refractivity (Wildman–Crippen MR) is 111 cm³/mol. The van der Waals surface area contributed by atoms with Gasteiger partial charge in [0.15, 0.2) is 11.5 Å². The van der Waals surface area contributed by atoms with Crippen LogP contribution in [-0.2, 0) is 6.61 Å². The van der Waals surface area contributed by atoms with Crippen molar-refractivity contribution in [1.29, 1.82) is 0 Å². The van der Waals surface area contributed by atoms with Crippen LogP contribution in [0.3, 0.4) is 0 Å². The number of rotatable bonds is 8. The molecule has 0 radical (unpaired) electrons. The molecule has 3 rings (SSSR count). The van der Waals surface area contributed by atoms with E-state index in [9.17, 15) is 4.39 Å². The summed E-state index contributed by atoms with van der Waals surface area (Å²) in [5.74, 6) is 0.802. The van der Waals surface area contributed by atoms with Gasteiger partial charge in [-0.05, 0) is 55.0 Å². The van der Waals surface area contributed by atoms with Crippen LogP contribution >= 0.6 is 11.6 Å². The third-order valence-corrected chi connectivity index (χ3v) is 4.20. The van der Waals surface area contributed by atoms with E-state index in [1.54, 1.807) is 12.3 Å². The minimum Gasteiger partial charge on any atom is -0.490 e. The van der Waals surface area contributed by atoms with Crippen LogP contribution in [0.15, 0.2) is 71.8 Å². The van der Waals surface area contributed by atoms with Gasteiger partial charge in [-0.3, -0.25) is 5.43 Å². The van der Waals surface area contributed by atoms with Crippen molar-refractivity contribution < 1.29 is 13.9 Å². The van der Waals surface area contributed by atoms with Gasteiger partial charge >= 0.3 is 0 Å². The average molecular weight is 399 g/mol. The first kappa shape index (κ1) is 19.7. The van der Waals surface area contributed by atoms with Gasteiger partial charge in [0.1, 0.15) is 12.4 Å². The molecule has 3 aromatic carbocycles. The van der Waals surface area contributed by atoms with E-state index >= 15 is 0 Å². The first-order valence-corrected chi connectivity index (χ1v) is 9.21. The van der Waals surface area contributed by atoms with Gasteiger partial charge in [-0.1, -0.05) is 35.9 Å². The summed E-state index contributed by atoms with van der Waals surface area (Å²) in [7, 11) is 0. The molecule has 0 fully saturated rings. The van der Waals surface area contributed by atoms with E-state index in [4.69, 9.17) is 21.1 Å². The standard InChI is InChI=1S/C22H20ClFN2O2/c1-2-27-22-12-16(14-25-26-19-6-4-3-5-7-19)8-11-21(22)28-15-17-9-10-18(24)13-20(17)23/h3-14,26H,2,15H2,1H3. The van der Waals surface area contributed by atoms with Crippen molar-refractivity contribution >= 4 is 23.5 Å². The number of hydrazone groups is 1. The second-order valence-electron chi connectivity index (χ2n) is 5.90. The van der Waals surface area contributed by atoms with Gasteiger partial charge in [0.25, 0.3) is 0 Å². The Labute approximate surface area is 168 Å². The average Bonchev–Trinajstić information content (AvgIpc) is 2.69. The first-order chi connectivity index (χ1) is 13.7. The second kappa shape index (κ2) is 9.76. The van der Waals surface area contributed by atoms with E-state index in [0.29, 0.717) is 28.7 Å². The van der Waals surface area contributed by atoms with Gasteiger partial charge in [-0.15, -0.1) is 0 Å². The first-order valence-electron chi connectivity index (χ1n) is 8.83. The number of anilines is 1. The minimum atomic E-state index is -0.378. The van der Waals surface area contributed by atoms with Crippen LogP contribution < -0.4 is 14.9 Å². The molecule has 4 nitrogen and oxygen atoms in total. The molecule has 0 aliphatic heterocycles. The quantitative estimate of drug-likeness (QED) is 0.379. The molecule has 1 N–H and O–H groups in total. The summed E-state index contributed by atoms with van der Waals surface area (Å²) in [5, 5.41) is 4.56. The number of para-hydroxylation sites is 1. The topological polar surface area (TPSA) is 42.8 Å². The summed E-state index contributed by atoms with van der Waals surface area (Å²) < 4.78 is 24.7. The van der Waals surface area contributed by atoms with Gasteiger partial charge in [0.2, 0.25) is 0 Å². The maximum atomic E-state index is 13.2. The third-order valence-electron chi connectivity index (χ3n) is 3.85. The lowest BCUT2D eigenvalue weighted by Crippen LogP contribution is -2.01. The Morgan fingerprint density at radius 3 is 2.57 bits per heavy atom. The summed E-state index contributed by atoms with van der Waals surface area (Å²) >= 11 is 6.05. The molecule has 0 heterocycles. The van der Waals surface area contributed by atoms with Crippen molar-refractivity contribution in [2.24, 2.45) is 5.10 Å². The van der Waals surface area contributed by atoms with Crippen molar-refractivity contribution in [2.45, 2.75) is 13.5 Å². The molecule has 0 amide bonds. The molecule has 0 saturated carbocycles. The lowest BCUT2D eigenvalue weighted by molar-refractivity contribution is 0.269. The minimum absolute atomic E-state index is 0.211. The fourth-order valence-corrected chi connectivity index (χ4v) is 2.70. The number of nitrogens with zero attached hydrogens (tertiary/aromatic N) is 1. The van der Waals surface area contributed by atoms with E-state index in [1.165, 1.54) is 12.1 Å². The van der Waals surface area contributed by atoms with Gasteiger partial charge in [-0.2, -0.15) is 5.10 Å². The molecule has 6 heteroatoms. The van der Waals surface area contributed by atoms with E-state index in [2.05, 4.69) is 10.5 Å². The highest BCUT2D eigenvalue weighted by molar-refractivity contribution is 6.31. The molecule has 0 aromatic heterocycles. The zero-order chi connectivity index (χ0) is 19.8. The van der Waals surface area contributed by atoms with Crippen LogP contribution in [0.1, 0.15) is 18.1 Å². The van der Waals surface area contributed by atoms with E-state index in [-0.39, 0.29) is 12.4 Å². The van der Waals surface area contributed by atoms with Gasteiger partial charge in [0.05, 0.1) is 23.5 Å². The third kappa shape index (κ3) is 5.47. The summed E-state index contributed by atoms with van der Waals surface area (Å²) in [6, 6.07) is 19.4. The Morgan fingerprint density at radius 1 is 1.00 bits per heavy atom. The highest BCUT2D eigenvalue weighted by Gasteiger charge is 2.08. The fourth-order valence-electron chi connectivity index (χ4n) is 2.48. The van der Waals surface area contributed by atoms with Crippen molar-refractivity contribution in [2.75, 3.05) is 12.0 Å². The number of benzene rings is 3. The van der Waals surface area contributed by atoms with Crippen molar-refractivity contribution in [3.8, 4) is 11.5 Å². The summed E-state index contributed by atoms with van der Waals surface area (Å²) in [6.45, 7) is 2.61. The van der Waals surface area contributed by atoms with Crippen molar-refractivity contribution in [3.63, 3.8) is 0 Å².